The maximum absolute atomic E-state index is 13.7. The van der Waals surface area contributed by atoms with Crippen LogP contribution in [0.2, 0.25) is 0 Å². The molecule has 1 aromatic heterocycles. The third-order valence-corrected chi connectivity index (χ3v) is 10.7. The third-order valence-electron chi connectivity index (χ3n) is 8.99. The zero-order valence-electron chi connectivity index (χ0n) is 25.8. The SMILES string of the molecule is N#CCCOP(OC1CCN(C(=O)c2cc3cc4c5c(c3oc2=O)CCCN5CCC4)CC1)N(c1ccccc1)c1ccccc1. The molecule has 9 nitrogen and oxygen atoms in total. The number of nitriles is 1. The Balaban J connectivity index is 1.08. The van der Waals surface area contributed by atoms with Gasteiger partial charge in [-0.1, -0.05) is 36.4 Å². The monoisotopic (exact) mass is 636 g/mol. The van der Waals surface area contributed by atoms with E-state index in [-0.39, 0.29) is 30.6 Å². The van der Waals surface area contributed by atoms with Crippen molar-refractivity contribution in [2.75, 3.05) is 42.4 Å². The molecule has 1 unspecified atom stereocenters. The number of anilines is 3. The molecule has 3 aromatic carbocycles. The highest BCUT2D eigenvalue weighted by Gasteiger charge is 2.33. The molecule has 0 N–H and O–H groups in total. The van der Waals surface area contributed by atoms with Crippen molar-refractivity contribution in [2.45, 2.75) is 51.0 Å². The fourth-order valence-electron chi connectivity index (χ4n) is 6.84. The first-order valence-corrected chi connectivity index (χ1v) is 17.3. The Morgan fingerprint density at radius 3 is 2.30 bits per heavy atom. The molecule has 0 bridgehead atoms. The van der Waals surface area contributed by atoms with E-state index in [1.807, 2.05) is 60.7 Å². The first-order valence-electron chi connectivity index (χ1n) is 16.1. The number of carbonyl (C=O) groups is 1. The fraction of sp³-hybridized carbons (Fsp3) is 0.361. The van der Waals surface area contributed by atoms with Crippen molar-refractivity contribution in [2.24, 2.45) is 0 Å². The summed E-state index contributed by atoms with van der Waals surface area (Å²) in [5.74, 6) is -0.301. The number of likely N-dealkylation sites (tertiary alicyclic amines) is 1. The van der Waals surface area contributed by atoms with Gasteiger partial charge in [-0.2, -0.15) is 5.26 Å². The topological polar surface area (TPSA) is 99.2 Å². The summed E-state index contributed by atoms with van der Waals surface area (Å²) in [5.41, 5.74) is 5.63. The summed E-state index contributed by atoms with van der Waals surface area (Å²) >= 11 is 0. The van der Waals surface area contributed by atoms with Crippen LogP contribution in [-0.4, -0.2) is 49.7 Å². The number of carbonyl (C=O) groups excluding carboxylic acids is 1. The van der Waals surface area contributed by atoms with Crippen LogP contribution in [0.25, 0.3) is 11.0 Å². The smallest absolute Gasteiger partial charge is 0.349 e. The number of nitrogens with zero attached hydrogens (tertiary/aromatic N) is 4. The van der Waals surface area contributed by atoms with E-state index in [1.54, 1.807) is 11.0 Å². The maximum Gasteiger partial charge on any atom is 0.349 e. The lowest BCUT2D eigenvalue weighted by Crippen LogP contribution is -2.42. The molecule has 0 aliphatic carbocycles. The fourth-order valence-corrected chi connectivity index (χ4v) is 8.47. The molecule has 0 saturated carbocycles. The Morgan fingerprint density at radius 1 is 0.957 bits per heavy atom. The molecule has 0 spiro atoms. The zero-order valence-corrected chi connectivity index (χ0v) is 26.7. The number of piperidine rings is 1. The van der Waals surface area contributed by atoms with Crippen LogP contribution in [0.15, 0.2) is 82.0 Å². The Kier molecular flexibility index (Phi) is 9.03. The summed E-state index contributed by atoms with van der Waals surface area (Å²) in [6.45, 7) is 3.22. The Hall–Kier alpha value is -4.22. The van der Waals surface area contributed by atoms with Gasteiger partial charge in [0.15, 0.2) is 0 Å². The van der Waals surface area contributed by atoms with Crippen LogP contribution in [-0.2, 0) is 21.9 Å². The van der Waals surface area contributed by atoms with E-state index < -0.39 is 14.2 Å². The lowest BCUT2D eigenvalue weighted by molar-refractivity contribution is 0.0585. The summed E-state index contributed by atoms with van der Waals surface area (Å²) in [4.78, 5) is 31.1. The van der Waals surface area contributed by atoms with E-state index in [1.165, 1.54) is 11.3 Å². The van der Waals surface area contributed by atoms with Gasteiger partial charge in [-0.05, 0) is 80.5 Å². The molecular formula is C36H37N4O5P. The van der Waals surface area contributed by atoms with Crippen molar-refractivity contribution in [3.63, 3.8) is 0 Å². The molecule has 1 atom stereocenters. The number of amides is 1. The van der Waals surface area contributed by atoms with Gasteiger partial charge in [0.2, 0.25) is 0 Å². The largest absolute Gasteiger partial charge is 0.422 e. The number of hydrogen-bond acceptors (Lipinski definition) is 8. The van der Waals surface area contributed by atoms with Crippen LogP contribution >= 0.6 is 8.53 Å². The van der Waals surface area contributed by atoms with Crippen LogP contribution in [0.1, 0.15) is 53.6 Å². The number of rotatable bonds is 9. The van der Waals surface area contributed by atoms with Crippen molar-refractivity contribution in [1.29, 1.82) is 5.26 Å². The van der Waals surface area contributed by atoms with Gasteiger partial charge in [-0.15, -0.1) is 0 Å². The van der Waals surface area contributed by atoms with Gasteiger partial charge in [-0.3, -0.25) is 9.46 Å². The van der Waals surface area contributed by atoms with Gasteiger partial charge in [-0.25, -0.2) is 4.79 Å². The van der Waals surface area contributed by atoms with Crippen molar-refractivity contribution in [3.8, 4) is 6.07 Å². The summed E-state index contributed by atoms with van der Waals surface area (Å²) in [5, 5.41) is 10.0. The third kappa shape index (κ3) is 6.13. The molecule has 7 rings (SSSR count). The molecule has 1 fully saturated rings. The first kappa shape index (κ1) is 30.4. The molecule has 3 aliphatic heterocycles. The normalized spacial score (nSPS) is 16.9. The molecule has 4 aromatic rings. The van der Waals surface area contributed by atoms with Gasteiger partial charge in [0.1, 0.15) is 11.1 Å². The lowest BCUT2D eigenvalue weighted by Gasteiger charge is -2.37. The van der Waals surface area contributed by atoms with Crippen LogP contribution in [0.5, 0.6) is 0 Å². The Morgan fingerprint density at radius 2 is 1.63 bits per heavy atom. The van der Waals surface area contributed by atoms with E-state index in [2.05, 4.69) is 21.7 Å². The summed E-state index contributed by atoms with van der Waals surface area (Å²) in [6.07, 6.45) is 5.30. The molecule has 0 radical (unpaired) electrons. The molecule has 236 valence electrons. The summed E-state index contributed by atoms with van der Waals surface area (Å²) in [6, 6.07) is 25.9. The maximum atomic E-state index is 13.7. The van der Waals surface area contributed by atoms with Gasteiger partial charge >= 0.3 is 5.63 Å². The number of hydrogen-bond donors (Lipinski definition) is 0. The van der Waals surface area contributed by atoms with E-state index in [0.29, 0.717) is 31.5 Å². The van der Waals surface area contributed by atoms with E-state index in [9.17, 15) is 14.9 Å². The molecule has 1 saturated heterocycles. The van der Waals surface area contributed by atoms with Gasteiger partial charge in [0.25, 0.3) is 14.4 Å². The molecule has 10 heteroatoms. The zero-order chi connectivity index (χ0) is 31.5. The predicted octanol–water partition coefficient (Wildman–Crippen LogP) is 7.11. The van der Waals surface area contributed by atoms with Crippen molar-refractivity contribution >= 4 is 42.5 Å². The second-order valence-electron chi connectivity index (χ2n) is 12.0. The second kappa shape index (κ2) is 13.6. The molecule has 1 amide bonds. The van der Waals surface area contributed by atoms with E-state index >= 15 is 0 Å². The minimum Gasteiger partial charge on any atom is -0.422 e. The van der Waals surface area contributed by atoms with Gasteiger partial charge in [0.05, 0.1) is 25.2 Å². The highest BCUT2D eigenvalue weighted by Crippen LogP contribution is 2.52. The minimum atomic E-state index is -1.61. The molecule has 4 heterocycles. The summed E-state index contributed by atoms with van der Waals surface area (Å²) in [7, 11) is -1.61. The number of para-hydroxylation sites is 2. The second-order valence-corrected chi connectivity index (χ2v) is 13.3. The lowest BCUT2D eigenvalue weighted by atomic mass is 9.90. The average molecular weight is 637 g/mol. The number of fused-ring (bicyclic) bond motifs is 2. The van der Waals surface area contributed by atoms with Crippen molar-refractivity contribution < 1.29 is 18.3 Å². The van der Waals surface area contributed by atoms with Gasteiger partial charge in [0, 0.05) is 54.2 Å². The highest BCUT2D eigenvalue weighted by molar-refractivity contribution is 7.49. The van der Waals surface area contributed by atoms with Gasteiger partial charge < -0.3 is 23.3 Å². The highest BCUT2D eigenvalue weighted by atomic mass is 31.2. The van der Waals surface area contributed by atoms with E-state index in [4.69, 9.17) is 13.5 Å². The molecule has 46 heavy (non-hydrogen) atoms. The Labute approximate surface area is 269 Å². The van der Waals surface area contributed by atoms with Crippen LogP contribution in [0.3, 0.4) is 0 Å². The molecule has 3 aliphatic rings. The van der Waals surface area contributed by atoms with Crippen molar-refractivity contribution in [1.82, 2.24) is 4.90 Å². The standard InChI is InChI=1S/C36H37N4O5P/c37-18-9-23-43-46(40(28-11-3-1-4-12-28)29-13-5-2-6-14-29)45-30-16-21-39(22-17-30)35(41)32-25-27-24-26-10-7-19-38-20-8-15-31(33(26)38)34(27)44-36(32)42/h1-6,11-14,24-25,30H,7-10,15-17,19-23H2. The quantitative estimate of drug-likeness (QED) is 0.109. The first-order chi connectivity index (χ1) is 22.6. The van der Waals surface area contributed by atoms with Crippen LogP contribution < -0.4 is 15.2 Å². The van der Waals surface area contributed by atoms with Crippen LogP contribution in [0.4, 0.5) is 17.1 Å². The van der Waals surface area contributed by atoms with Crippen LogP contribution in [0, 0.1) is 11.3 Å². The number of benzene rings is 3. The predicted molar refractivity (Wildman–Crippen MR) is 179 cm³/mol. The average Bonchev–Trinajstić information content (AvgIpc) is 3.10. The van der Waals surface area contributed by atoms with E-state index in [0.717, 1.165) is 61.1 Å². The minimum absolute atomic E-state index is 0.0870. The Bertz CT molecular complexity index is 1760. The number of aryl methyl sites for hydroxylation is 2. The van der Waals surface area contributed by atoms with Crippen molar-refractivity contribution in [3.05, 3.63) is 99.9 Å². The molecular weight excluding hydrogens is 599 g/mol. The summed E-state index contributed by atoms with van der Waals surface area (Å²) < 4.78 is 20.8.